The molecule has 0 aromatic heterocycles. The van der Waals surface area contributed by atoms with Crippen molar-refractivity contribution in [2.75, 3.05) is 11.9 Å². The summed E-state index contributed by atoms with van der Waals surface area (Å²) in [7, 11) is 0. The first-order valence-electron chi connectivity index (χ1n) is 9.18. The van der Waals surface area contributed by atoms with Crippen LogP contribution in [0.3, 0.4) is 0 Å². The van der Waals surface area contributed by atoms with E-state index in [-0.39, 0.29) is 17.6 Å². The van der Waals surface area contributed by atoms with E-state index in [1.165, 1.54) is 6.07 Å². The van der Waals surface area contributed by atoms with Gasteiger partial charge in [-0.3, -0.25) is 9.59 Å². The van der Waals surface area contributed by atoms with Crippen molar-refractivity contribution >= 4 is 33.4 Å². The molecule has 0 radical (unpaired) electrons. The van der Waals surface area contributed by atoms with Crippen LogP contribution in [-0.2, 0) is 9.59 Å². The predicted molar refractivity (Wildman–Crippen MR) is 114 cm³/mol. The maximum absolute atomic E-state index is 14.0. The van der Waals surface area contributed by atoms with Gasteiger partial charge in [0.25, 0.3) is 5.91 Å². The lowest BCUT2D eigenvalue weighted by Crippen LogP contribution is -2.46. The van der Waals surface area contributed by atoms with E-state index in [2.05, 4.69) is 26.6 Å². The molecule has 0 bridgehead atoms. The quantitative estimate of drug-likeness (QED) is 0.452. The average molecular weight is 453 g/mol. The first kappa shape index (κ1) is 19.3. The molecule has 3 aromatic rings. The molecule has 6 heteroatoms. The fourth-order valence-corrected chi connectivity index (χ4v) is 4.23. The van der Waals surface area contributed by atoms with Crippen molar-refractivity contribution in [3.8, 4) is 11.1 Å². The minimum absolute atomic E-state index is 0.308. The number of anilines is 1. The summed E-state index contributed by atoms with van der Waals surface area (Å²) in [5.41, 5.74) is 2.62. The van der Waals surface area contributed by atoms with Crippen molar-refractivity contribution in [3.63, 3.8) is 0 Å². The molecule has 2 N–H and O–H groups in total. The average Bonchev–Trinajstić information content (AvgIpc) is 3.05. The highest BCUT2D eigenvalue weighted by Crippen LogP contribution is 2.40. The van der Waals surface area contributed by atoms with Crippen molar-refractivity contribution < 1.29 is 14.0 Å². The molecule has 2 atom stereocenters. The van der Waals surface area contributed by atoms with Crippen LogP contribution in [0.5, 0.6) is 0 Å². The predicted octanol–water partition coefficient (Wildman–Crippen LogP) is 4.48. The molecular weight excluding hydrogens is 435 g/mol. The van der Waals surface area contributed by atoms with Crippen LogP contribution >= 0.6 is 15.9 Å². The summed E-state index contributed by atoms with van der Waals surface area (Å²) in [6.45, 7) is 0.369. The zero-order chi connectivity index (χ0) is 20.4. The van der Waals surface area contributed by atoms with E-state index in [0.29, 0.717) is 23.4 Å². The Labute approximate surface area is 176 Å². The lowest BCUT2D eigenvalue weighted by atomic mass is 9.87. The molecule has 2 amide bonds. The van der Waals surface area contributed by atoms with Crippen molar-refractivity contribution in [2.24, 2.45) is 0 Å². The van der Waals surface area contributed by atoms with Crippen molar-refractivity contribution in [3.05, 3.63) is 90.2 Å². The zero-order valence-corrected chi connectivity index (χ0v) is 16.9. The van der Waals surface area contributed by atoms with E-state index in [9.17, 15) is 14.0 Å². The van der Waals surface area contributed by atoms with E-state index in [1.54, 1.807) is 42.5 Å². The summed E-state index contributed by atoms with van der Waals surface area (Å²) in [6.07, 6.45) is 0. The number of rotatable bonds is 4. The fraction of sp³-hybridized carbons (Fsp3) is 0.130. The first-order chi connectivity index (χ1) is 14.0. The normalized spacial score (nSPS) is 20.9. The van der Waals surface area contributed by atoms with Crippen molar-refractivity contribution in [2.45, 2.75) is 10.2 Å². The summed E-state index contributed by atoms with van der Waals surface area (Å²) in [5, 5.41) is 5.58. The Hall–Kier alpha value is -2.99. The number of benzene rings is 3. The van der Waals surface area contributed by atoms with Gasteiger partial charge >= 0.3 is 0 Å². The van der Waals surface area contributed by atoms with Crippen molar-refractivity contribution in [1.82, 2.24) is 5.32 Å². The lowest BCUT2D eigenvalue weighted by molar-refractivity contribution is -0.128. The molecule has 0 spiro atoms. The van der Waals surface area contributed by atoms with E-state index in [1.807, 2.05) is 30.3 Å². The Morgan fingerprint density at radius 3 is 2.34 bits per heavy atom. The molecule has 4 rings (SSSR count). The molecule has 1 aliphatic rings. The lowest BCUT2D eigenvalue weighted by Gasteiger charge is -2.25. The third-order valence-electron chi connectivity index (χ3n) is 5.14. The Morgan fingerprint density at radius 2 is 1.66 bits per heavy atom. The molecule has 1 fully saturated rings. The summed E-state index contributed by atoms with van der Waals surface area (Å²) >= 11 is 3.42. The van der Waals surface area contributed by atoms with Gasteiger partial charge in [0.05, 0.1) is 0 Å². The summed E-state index contributed by atoms with van der Waals surface area (Å²) in [4.78, 5) is 25.6. The molecule has 4 nitrogen and oxygen atoms in total. The van der Waals surface area contributed by atoms with E-state index < -0.39 is 10.2 Å². The van der Waals surface area contributed by atoms with Crippen LogP contribution in [0.2, 0.25) is 0 Å². The van der Waals surface area contributed by atoms with Crippen LogP contribution in [0.15, 0.2) is 78.9 Å². The number of carbonyl (C=O) groups is 2. The van der Waals surface area contributed by atoms with Crippen LogP contribution in [-0.4, -0.2) is 22.7 Å². The van der Waals surface area contributed by atoms with Crippen molar-refractivity contribution in [1.29, 1.82) is 0 Å². The van der Waals surface area contributed by atoms with Gasteiger partial charge in [0.1, 0.15) is 5.82 Å². The summed E-state index contributed by atoms with van der Waals surface area (Å²) in [5.74, 6) is -1.46. The molecule has 1 aliphatic heterocycles. The Morgan fingerprint density at radius 1 is 1.00 bits per heavy atom. The second-order valence-electron chi connectivity index (χ2n) is 6.90. The second-order valence-corrected chi connectivity index (χ2v) is 8.15. The number of nitrogens with one attached hydrogen (secondary N) is 2. The topological polar surface area (TPSA) is 58.2 Å². The first-order valence-corrected chi connectivity index (χ1v) is 9.98. The monoisotopic (exact) mass is 452 g/mol. The van der Waals surface area contributed by atoms with Gasteiger partial charge in [0, 0.05) is 23.7 Å². The van der Waals surface area contributed by atoms with Gasteiger partial charge in [-0.15, -0.1) is 0 Å². The van der Waals surface area contributed by atoms with E-state index in [0.717, 1.165) is 5.56 Å². The Balaban J connectivity index is 1.57. The minimum Gasteiger partial charge on any atom is -0.354 e. The van der Waals surface area contributed by atoms with E-state index in [4.69, 9.17) is 0 Å². The molecule has 2 unspecified atom stereocenters. The number of hydrogen-bond acceptors (Lipinski definition) is 2. The summed E-state index contributed by atoms with van der Waals surface area (Å²) in [6, 6.07) is 22.8. The van der Waals surface area contributed by atoms with Gasteiger partial charge in [0.2, 0.25) is 5.91 Å². The number of hydrogen-bond donors (Lipinski definition) is 2. The standard InChI is InChI=1S/C23H18BrFN2O2/c24-23(19(14-26-21(23)28)16-6-2-1-3-7-16)22(29)27-17-12-10-15(11-13-17)18-8-4-5-9-20(18)25/h1-13,19H,14H2,(H,26,28)(H,27,29). The Kier molecular flexibility index (Phi) is 5.20. The second kappa shape index (κ2) is 7.79. The van der Waals surface area contributed by atoms with Gasteiger partial charge in [0.15, 0.2) is 4.32 Å². The minimum atomic E-state index is -1.40. The maximum Gasteiger partial charge on any atom is 0.251 e. The molecular formula is C23H18BrFN2O2. The van der Waals surface area contributed by atoms with Crippen LogP contribution in [0.1, 0.15) is 11.5 Å². The van der Waals surface area contributed by atoms with Crippen LogP contribution in [0, 0.1) is 5.82 Å². The highest BCUT2D eigenvalue weighted by molar-refractivity contribution is 9.10. The molecule has 0 saturated carbocycles. The van der Waals surface area contributed by atoms with Crippen LogP contribution in [0.4, 0.5) is 10.1 Å². The Bertz CT molecular complexity index is 1060. The highest BCUT2D eigenvalue weighted by atomic mass is 79.9. The maximum atomic E-state index is 14.0. The molecule has 0 aliphatic carbocycles. The van der Waals surface area contributed by atoms with Crippen LogP contribution < -0.4 is 10.6 Å². The van der Waals surface area contributed by atoms with Gasteiger partial charge in [-0.25, -0.2) is 4.39 Å². The third kappa shape index (κ3) is 3.56. The van der Waals surface area contributed by atoms with Crippen LogP contribution in [0.25, 0.3) is 11.1 Å². The van der Waals surface area contributed by atoms with Gasteiger partial charge < -0.3 is 10.6 Å². The molecule has 29 heavy (non-hydrogen) atoms. The molecule has 146 valence electrons. The van der Waals surface area contributed by atoms with E-state index >= 15 is 0 Å². The molecule has 3 aromatic carbocycles. The zero-order valence-electron chi connectivity index (χ0n) is 15.4. The highest BCUT2D eigenvalue weighted by Gasteiger charge is 2.55. The number of amides is 2. The van der Waals surface area contributed by atoms with Gasteiger partial charge in [-0.05, 0) is 29.3 Å². The number of alkyl halides is 1. The van der Waals surface area contributed by atoms with Gasteiger partial charge in [-0.2, -0.15) is 0 Å². The summed E-state index contributed by atoms with van der Waals surface area (Å²) < 4.78 is 12.6. The number of halogens is 2. The molecule has 1 saturated heterocycles. The third-order valence-corrected chi connectivity index (χ3v) is 6.41. The SMILES string of the molecule is O=C1NCC(c2ccccc2)C1(Br)C(=O)Nc1ccc(-c2ccccc2F)cc1. The smallest absolute Gasteiger partial charge is 0.251 e. The largest absolute Gasteiger partial charge is 0.354 e. The fourth-order valence-electron chi connectivity index (χ4n) is 3.57. The van der Waals surface area contributed by atoms with Gasteiger partial charge in [-0.1, -0.05) is 76.6 Å². The molecule has 1 heterocycles. The number of carbonyl (C=O) groups excluding carboxylic acids is 2.